The minimum Gasteiger partial charge on any atom is -0.504 e. The Morgan fingerprint density at radius 3 is 2.73 bits per heavy atom. The van der Waals surface area contributed by atoms with Crippen molar-refractivity contribution < 1.29 is 9.84 Å². The third-order valence-corrected chi connectivity index (χ3v) is 4.04. The van der Waals surface area contributed by atoms with E-state index in [1.165, 1.54) is 7.11 Å². The molecule has 3 rings (SSSR count). The summed E-state index contributed by atoms with van der Waals surface area (Å²) >= 11 is 3.44. The van der Waals surface area contributed by atoms with Crippen molar-refractivity contribution in [2.24, 2.45) is 0 Å². The smallest absolute Gasteiger partial charge is 0.161 e. The molecule has 0 aliphatic rings. The molecule has 0 saturated carbocycles. The number of aromatic hydroxyl groups is 1. The van der Waals surface area contributed by atoms with Gasteiger partial charge in [0.1, 0.15) is 0 Å². The topological polar surface area (TPSA) is 42.4 Å². The number of hydrogen-bond donors (Lipinski definition) is 1. The highest BCUT2D eigenvalue weighted by atomic mass is 79.9. The van der Waals surface area contributed by atoms with Crippen LogP contribution >= 0.6 is 15.9 Å². The molecule has 2 aromatic carbocycles. The third-order valence-electron chi connectivity index (χ3n) is 3.35. The number of nitrogens with zero attached hydrogens (tertiary/aromatic N) is 1. The van der Waals surface area contributed by atoms with Crippen LogP contribution < -0.4 is 4.74 Å². The van der Waals surface area contributed by atoms with Gasteiger partial charge in [0.15, 0.2) is 11.5 Å². The zero-order valence-corrected chi connectivity index (χ0v) is 13.5. The summed E-state index contributed by atoms with van der Waals surface area (Å²) in [4.78, 5) is 4.60. The number of fused-ring (bicyclic) bond motifs is 1. The van der Waals surface area contributed by atoms with E-state index in [0.717, 1.165) is 26.6 Å². The Bertz CT molecular complexity index is 859. The van der Waals surface area contributed by atoms with Crippen molar-refractivity contribution in [1.29, 1.82) is 0 Å². The quantitative estimate of drug-likeness (QED) is 0.727. The van der Waals surface area contributed by atoms with Crippen LogP contribution in [0.15, 0.2) is 53.0 Å². The molecule has 0 saturated heterocycles. The maximum absolute atomic E-state index is 9.73. The number of phenols is 1. The van der Waals surface area contributed by atoms with E-state index in [9.17, 15) is 5.11 Å². The van der Waals surface area contributed by atoms with E-state index in [2.05, 4.69) is 27.0 Å². The number of aromatic nitrogens is 1. The molecular weight excluding hydrogens is 342 g/mol. The highest BCUT2D eigenvalue weighted by Gasteiger charge is 2.06. The van der Waals surface area contributed by atoms with Gasteiger partial charge >= 0.3 is 0 Å². The predicted molar refractivity (Wildman–Crippen MR) is 93.0 cm³/mol. The lowest BCUT2D eigenvalue weighted by molar-refractivity contribution is 0.373. The minimum atomic E-state index is 0.107. The number of rotatable bonds is 3. The molecule has 0 amide bonds. The van der Waals surface area contributed by atoms with Gasteiger partial charge in [-0.05, 0) is 35.9 Å². The Balaban J connectivity index is 1.95. The first-order valence-corrected chi connectivity index (χ1v) is 7.57. The molecule has 0 atom stereocenters. The van der Waals surface area contributed by atoms with E-state index >= 15 is 0 Å². The van der Waals surface area contributed by atoms with Crippen molar-refractivity contribution >= 4 is 39.0 Å². The molecule has 22 heavy (non-hydrogen) atoms. The maximum Gasteiger partial charge on any atom is 0.161 e. The molecule has 110 valence electrons. The van der Waals surface area contributed by atoms with Crippen molar-refractivity contribution in [2.75, 3.05) is 7.11 Å². The Labute approximate surface area is 137 Å². The Morgan fingerprint density at radius 1 is 1.09 bits per heavy atom. The fourth-order valence-electron chi connectivity index (χ4n) is 2.20. The molecule has 3 aromatic rings. The average Bonchev–Trinajstić information content (AvgIpc) is 2.54. The molecule has 1 N–H and O–H groups in total. The van der Waals surface area contributed by atoms with Crippen LogP contribution in [0, 0.1) is 0 Å². The second-order valence-corrected chi connectivity index (χ2v) is 5.66. The lowest BCUT2D eigenvalue weighted by atomic mass is 10.1. The summed E-state index contributed by atoms with van der Waals surface area (Å²) in [5.74, 6) is 0.546. The Hall–Kier alpha value is -2.33. The number of methoxy groups -OCH3 is 1. The molecule has 0 fully saturated rings. The highest BCUT2D eigenvalue weighted by Crippen LogP contribution is 2.33. The summed E-state index contributed by atoms with van der Waals surface area (Å²) in [6.45, 7) is 0. The second kappa shape index (κ2) is 6.20. The third kappa shape index (κ3) is 2.97. The van der Waals surface area contributed by atoms with Crippen LogP contribution in [0.3, 0.4) is 0 Å². The molecule has 0 unspecified atom stereocenters. The first-order valence-electron chi connectivity index (χ1n) is 6.78. The molecule has 1 heterocycles. The van der Waals surface area contributed by atoms with Gasteiger partial charge < -0.3 is 9.84 Å². The maximum atomic E-state index is 9.73. The van der Waals surface area contributed by atoms with Crippen LogP contribution in [0.2, 0.25) is 0 Å². The van der Waals surface area contributed by atoms with Crippen LogP contribution in [0.4, 0.5) is 0 Å². The average molecular weight is 356 g/mol. The lowest BCUT2D eigenvalue weighted by Crippen LogP contribution is -1.86. The van der Waals surface area contributed by atoms with E-state index in [1.54, 1.807) is 12.1 Å². The first-order chi connectivity index (χ1) is 10.7. The summed E-state index contributed by atoms with van der Waals surface area (Å²) < 4.78 is 5.92. The van der Waals surface area contributed by atoms with Gasteiger partial charge in [0, 0.05) is 9.86 Å². The van der Waals surface area contributed by atoms with Gasteiger partial charge in [-0.15, -0.1) is 0 Å². The van der Waals surface area contributed by atoms with Crippen LogP contribution in [0.25, 0.3) is 23.1 Å². The number of phenolic OH excluding ortho intramolecular Hbond substituents is 1. The van der Waals surface area contributed by atoms with Crippen molar-refractivity contribution in [1.82, 2.24) is 4.98 Å². The van der Waals surface area contributed by atoms with E-state index in [-0.39, 0.29) is 5.75 Å². The van der Waals surface area contributed by atoms with Gasteiger partial charge in [0.25, 0.3) is 0 Å². The normalized spacial score (nSPS) is 11.2. The van der Waals surface area contributed by atoms with Crippen LogP contribution in [-0.2, 0) is 0 Å². The second-order valence-electron chi connectivity index (χ2n) is 4.81. The zero-order valence-electron chi connectivity index (χ0n) is 12.0. The number of pyridine rings is 1. The molecule has 0 aliphatic carbocycles. The number of benzene rings is 2. The van der Waals surface area contributed by atoms with Crippen molar-refractivity contribution in [3.05, 3.63) is 64.3 Å². The van der Waals surface area contributed by atoms with Crippen molar-refractivity contribution in [3.8, 4) is 11.5 Å². The van der Waals surface area contributed by atoms with Crippen LogP contribution in [0.1, 0.15) is 11.3 Å². The number of para-hydroxylation sites is 1. The van der Waals surface area contributed by atoms with E-state index in [1.807, 2.05) is 42.5 Å². The number of hydrogen-bond acceptors (Lipinski definition) is 3. The Morgan fingerprint density at radius 2 is 1.91 bits per heavy atom. The van der Waals surface area contributed by atoms with E-state index in [4.69, 9.17) is 4.74 Å². The van der Waals surface area contributed by atoms with Crippen LogP contribution in [0.5, 0.6) is 11.5 Å². The molecular formula is C18H14BrNO2. The van der Waals surface area contributed by atoms with Gasteiger partial charge in [-0.2, -0.15) is 0 Å². The summed E-state index contributed by atoms with van der Waals surface area (Å²) in [5.41, 5.74) is 2.74. The standard InChI is InChI=1S/C18H14BrNO2/c1-22-18-10-13(15(19)11-17(18)21)7-9-14-8-6-12-4-2-3-5-16(12)20-14/h2-11,21H,1H3. The largest absolute Gasteiger partial charge is 0.504 e. The van der Waals surface area contributed by atoms with Gasteiger partial charge in [-0.3, -0.25) is 0 Å². The van der Waals surface area contributed by atoms with E-state index < -0.39 is 0 Å². The number of halogens is 1. The molecule has 1 aromatic heterocycles. The van der Waals surface area contributed by atoms with Gasteiger partial charge in [0.2, 0.25) is 0 Å². The van der Waals surface area contributed by atoms with Crippen molar-refractivity contribution in [2.45, 2.75) is 0 Å². The molecule has 0 radical (unpaired) electrons. The summed E-state index contributed by atoms with van der Waals surface area (Å²) in [6, 6.07) is 15.4. The minimum absolute atomic E-state index is 0.107. The molecule has 4 heteroatoms. The molecule has 0 spiro atoms. The first kappa shape index (κ1) is 14.6. The highest BCUT2D eigenvalue weighted by molar-refractivity contribution is 9.10. The summed E-state index contributed by atoms with van der Waals surface area (Å²) in [7, 11) is 1.53. The van der Waals surface area contributed by atoms with E-state index in [0.29, 0.717) is 5.75 Å². The summed E-state index contributed by atoms with van der Waals surface area (Å²) in [5, 5.41) is 10.8. The molecule has 3 nitrogen and oxygen atoms in total. The Kier molecular flexibility index (Phi) is 4.11. The lowest BCUT2D eigenvalue weighted by Gasteiger charge is -2.06. The summed E-state index contributed by atoms with van der Waals surface area (Å²) in [6.07, 6.45) is 3.87. The SMILES string of the molecule is COc1cc(C=Cc2ccc3ccccc3n2)c(Br)cc1O. The fourth-order valence-corrected chi connectivity index (χ4v) is 2.66. The fraction of sp³-hybridized carbons (Fsp3) is 0.0556. The van der Waals surface area contributed by atoms with Gasteiger partial charge in [0.05, 0.1) is 18.3 Å². The number of ether oxygens (including phenoxy) is 1. The monoisotopic (exact) mass is 355 g/mol. The zero-order chi connectivity index (χ0) is 15.5. The molecule has 0 bridgehead atoms. The predicted octanol–water partition coefficient (Wildman–Crippen LogP) is 4.88. The van der Waals surface area contributed by atoms with Gasteiger partial charge in [-0.25, -0.2) is 4.98 Å². The molecule has 0 aliphatic heterocycles. The van der Waals surface area contributed by atoms with Crippen molar-refractivity contribution in [3.63, 3.8) is 0 Å². The van der Waals surface area contributed by atoms with Crippen LogP contribution in [-0.4, -0.2) is 17.2 Å². The van der Waals surface area contributed by atoms with Gasteiger partial charge in [-0.1, -0.05) is 46.3 Å².